The van der Waals surface area contributed by atoms with Gasteiger partial charge in [-0.1, -0.05) is 18.2 Å². The number of nitrogens with zero attached hydrogens (tertiary/aromatic N) is 5. The Balaban J connectivity index is 0.759. The number of hydrogen-bond acceptors (Lipinski definition) is 13. The van der Waals surface area contributed by atoms with Crippen LogP contribution < -0.4 is 26.6 Å². The predicted octanol–water partition coefficient (Wildman–Crippen LogP) is 4.78. The van der Waals surface area contributed by atoms with Gasteiger partial charge in [0.2, 0.25) is 18.0 Å². The average molecular weight is 887 g/mol. The highest BCUT2D eigenvalue weighted by Gasteiger charge is 2.46. The SMILES string of the molecule is O=C1CCC(N2C(=O)c3cccc(NCCOCCOCCNCc4cccc(-n5cc(NC(=O)N6C=COC6c6ccnc(NCC7CC7)c6)c(C(F)(F)F)n5)c4)c3C2=O)C(=O)N1. The maximum absolute atomic E-state index is 14.2. The molecule has 5 heterocycles. The molecule has 1 aliphatic carbocycles. The lowest BCUT2D eigenvalue weighted by molar-refractivity contribution is -0.140. The molecule has 2 aromatic carbocycles. The molecule has 5 N–H and O–H groups in total. The van der Waals surface area contributed by atoms with Crippen LogP contribution in [0.1, 0.15) is 69.4 Å². The second-order valence-corrected chi connectivity index (χ2v) is 15.4. The maximum atomic E-state index is 14.2. The summed E-state index contributed by atoms with van der Waals surface area (Å²) in [4.78, 5) is 70.0. The molecule has 3 aliphatic heterocycles. The molecule has 4 aromatic rings. The lowest BCUT2D eigenvalue weighted by Gasteiger charge is -2.27. The number of aromatic nitrogens is 3. The van der Waals surface area contributed by atoms with E-state index in [1.54, 1.807) is 48.7 Å². The number of ether oxygens (including phenoxy) is 3. The van der Waals surface area contributed by atoms with E-state index in [0.717, 1.165) is 45.6 Å². The largest absolute Gasteiger partial charge is 0.472 e. The van der Waals surface area contributed by atoms with Gasteiger partial charge in [-0.2, -0.15) is 18.3 Å². The van der Waals surface area contributed by atoms with Gasteiger partial charge < -0.3 is 35.5 Å². The van der Waals surface area contributed by atoms with E-state index in [1.165, 1.54) is 18.5 Å². The first-order valence-corrected chi connectivity index (χ1v) is 20.8. The Morgan fingerprint density at radius 3 is 2.48 bits per heavy atom. The van der Waals surface area contributed by atoms with Crippen LogP contribution in [-0.4, -0.2) is 106 Å². The van der Waals surface area contributed by atoms with Crippen molar-refractivity contribution in [3.05, 3.63) is 107 Å². The Bertz CT molecular complexity index is 2440. The highest BCUT2D eigenvalue weighted by Crippen LogP contribution is 2.37. The minimum absolute atomic E-state index is 0.0326. The summed E-state index contributed by atoms with van der Waals surface area (Å²) in [7, 11) is 0. The summed E-state index contributed by atoms with van der Waals surface area (Å²) in [5.41, 5.74) is 0.706. The molecular weight excluding hydrogens is 842 g/mol. The quantitative estimate of drug-likeness (QED) is 0.0635. The van der Waals surface area contributed by atoms with Crippen LogP contribution in [0.25, 0.3) is 5.69 Å². The Kier molecular flexibility index (Phi) is 13.2. The normalized spacial score (nSPS) is 18.3. The van der Waals surface area contributed by atoms with Crippen LogP contribution >= 0.6 is 0 Å². The first-order chi connectivity index (χ1) is 30.9. The maximum Gasteiger partial charge on any atom is 0.437 e. The fraction of sp³-hybridized carbons (Fsp3) is 0.372. The van der Waals surface area contributed by atoms with Gasteiger partial charge in [0.1, 0.15) is 18.1 Å². The summed E-state index contributed by atoms with van der Waals surface area (Å²) in [6, 6.07) is 13.1. The van der Waals surface area contributed by atoms with Crippen LogP contribution in [0.15, 0.2) is 79.5 Å². The second-order valence-electron chi connectivity index (χ2n) is 15.4. The first-order valence-electron chi connectivity index (χ1n) is 20.8. The number of alkyl halides is 3. The summed E-state index contributed by atoms with van der Waals surface area (Å²) in [5.74, 6) is -1.09. The third-order valence-corrected chi connectivity index (χ3v) is 10.8. The predicted molar refractivity (Wildman–Crippen MR) is 223 cm³/mol. The van der Waals surface area contributed by atoms with Crippen molar-refractivity contribution in [2.45, 2.75) is 50.7 Å². The number of fused-ring (bicyclic) bond motifs is 1. The zero-order chi connectivity index (χ0) is 44.8. The molecule has 336 valence electrons. The number of benzene rings is 2. The Morgan fingerprint density at radius 1 is 0.906 bits per heavy atom. The third kappa shape index (κ3) is 10.2. The lowest BCUT2D eigenvalue weighted by Crippen LogP contribution is -2.54. The number of carbonyl (C=O) groups excluding carboxylic acids is 5. The van der Waals surface area contributed by atoms with Crippen LogP contribution in [0.3, 0.4) is 0 Å². The van der Waals surface area contributed by atoms with Crippen molar-refractivity contribution in [2.75, 3.05) is 62.0 Å². The molecule has 6 amide bonds. The molecule has 0 spiro atoms. The van der Waals surface area contributed by atoms with Crippen LogP contribution in [0.5, 0.6) is 0 Å². The number of pyridine rings is 1. The van der Waals surface area contributed by atoms with E-state index < -0.39 is 59.5 Å². The van der Waals surface area contributed by atoms with Crippen LogP contribution in [0.4, 0.5) is 35.2 Å². The summed E-state index contributed by atoms with van der Waals surface area (Å²) >= 11 is 0. The molecule has 0 bridgehead atoms. The second kappa shape index (κ2) is 19.3. The molecule has 18 nitrogen and oxygen atoms in total. The van der Waals surface area contributed by atoms with Crippen LogP contribution in [-0.2, 0) is 36.5 Å². The summed E-state index contributed by atoms with van der Waals surface area (Å²) < 4.78 is 60.7. The lowest BCUT2D eigenvalue weighted by atomic mass is 10.0. The molecule has 0 radical (unpaired) electrons. The number of amides is 6. The zero-order valence-corrected chi connectivity index (χ0v) is 34.4. The number of halogens is 3. The number of nitrogens with one attached hydrogen (secondary N) is 5. The summed E-state index contributed by atoms with van der Waals surface area (Å²) in [5, 5.41) is 18.0. The number of piperidine rings is 1. The number of rotatable bonds is 19. The molecular formula is C43H45F3N10O8. The van der Waals surface area contributed by atoms with E-state index in [9.17, 15) is 37.1 Å². The molecule has 64 heavy (non-hydrogen) atoms. The van der Waals surface area contributed by atoms with Crippen LogP contribution in [0, 0.1) is 5.92 Å². The minimum Gasteiger partial charge on any atom is -0.472 e. The topological polar surface area (TPSA) is 210 Å². The molecule has 2 aromatic heterocycles. The molecule has 1 saturated carbocycles. The van der Waals surface area contributed by atoms with Gasteiger partial charge in [-0.3, -0.25) is 34.3 Å². The van der Waals surface area contributed by atoms with Crippen molar-refractivity contribution in [2.24, 2.45) is 5.92 Å². The van der Waals surface area contributed by atoms with Gasteiger partial charge in [0, 0.05) is 56.2 Å². The van der Waals surface area contributed by atoms with Gasteiger partial charge in [0.25, 0.3) is 11.8 Å². The van der Waals surface area contributed by atoms with Crippen LogP contribution in [0.2, 0.25) is 0 Å². The number of anilines is 3. The van der Waals surface area contributed by atoms with E-state index in [4.69, 9.17) is 14.2 Å². The molecule has 2 fully saturated rings. The number of carbonyl (C=O) groups is 5. The Labute approximate surface area is 364 Å². The third-order valence-electron chi connectivity index (χ3n) is 10.8. The van der Waals surface area contributed by atoms with E-state index in [0.29, 0.717) is 61.5 Å². The van der Waals surface area contributed by atoms with Crippen molar-refractivity contribution in [1.82, 2.24) is 35.2 Å². The van der Waals surface area contributed by atoms with Crippen molar-refractivity contribution in [3.8, 4) is 5.69 Å². The minimum atomic E-state index is -4.86. The Hall–Kier alpha value is -6.84. The fourth-order valence-corrected chi connectivity index (χ4v) is 7.42. The van der Waals surface area contributed by atoms with Crippen molar-refractivity contribution < 1.29 is 51.4 Å². The van der Waals surface area contributed by atoms with E-state index in [2.05, 4.69) is 36.7 Å². The average Bonchev–Trinajstić information content (AvgIpc) is 3.67. The molecule has 21 heteroatoms. The highest BCUT2D eigenvalue weighted by atomic mass is 19.4. The standard InChI is InChI=1S/C43H45F3N10O8/c44-43(45,46)37-32(51-42(61)54-15-18-64-41(54)28-11-12-49-34(22-28)50-24-26-7-8-26)25-55(53-37)29-4-1-3-27(21-29)23-47-13-16-62-19-20-63-17-14-48-31-6-2-5-30-36(31)40(60)56(39(30)59)33-9-10-35(57)52-38(33)58/h1-6,11-12,15,18,21-22,25-26,33,41,47-48H,7-10,13-14,16-17,19-20,23-24H2,(H,49,50)(H,51,61)(H,52,57,58). The van der Waals surface area contributed by atoms with Crippen molar-refractivity contribution >= 4 is 46.9 Å². The molecule has 8 rings (SSSR count). The first kappa shape index (κ1) is 43.8. The number of hydrogen-bond donors (Lipinski definition) is 5. The smallest absolute Gasteiger partial charge is 0.437 e. The van der Waals surface area contributed by atoms with Gasteiger partial charge in [0.05, 0.1) is 55.1 Å². The summed E-state index contributed by atoms with van der Waals surface area (Å²) in [6.45, 7) is 3.16. The zero-order valence-electron chi connectivity index (χ0n) is 34.4. The molecule has 2 unspecified atom stereocenters. The molecule has 2 atom stereocenters. The summed E-state index contributed by atoms with van der Waals surface area (Å²) in [6.07, 6.45) is 1.99. The molecule has 4 aliphatic rings. The van der Waals surface area contributed by atoms with E-state index >= 15 is 0 Å². The number of urea groups is 1. The highest BCUT2D eigenvalue weighted by molar-refractivity contribution is 6.25. The van der Waals surface area contributed by atoms with Gasteiger partial charge in [0.15, 0.2) is 5.69 Å². The Morgan fingerprint density at radius 2 is 1.70 bits per heavy atom. The molecule has 1 saturated heterocycles. The van der Waals surface area contributed by atoms with Gasteiger partial charge in [-0.25, -0.2) is 14.5 Å². The monoisotopic (exact) mass is 886 g/mol. The van der Waals surface area contributed by atoms with Crippen molar-refractivity contribution in [1.29, 1.82) is 0 Å². The van der Waals surface area contributed by atoms with Gasteiger partial charge >= 0.3 is 12.2 Å². The van der Waals surface area contributed by atoms with E-state index in [1.807, 2.05) is 6.07 Å². The number of imide groups is 2. The fourth-order valence-electron chi connectivity index (χ4n) is 7.42. The van der Waals surface area contributed by atoms with E-state index in [-0.39, 0.29) is 37.2 Å². The van der Waals surface area contributed by atoms with Crippen molar-refractivity contribution in [3.63, 3.8) is 0 Å². The van der Waals surface area contributed by atoms with Gasteiger partial charge in [-0.05, 0) is 67.1 Å². The van der Waals surface area contributed by atoms with Gasteiger partial charge in [-0.15, -0.1) is 0 Å².